The van der Waals surface area contributed by atoms with Crippen LogP contribution in [0.1, 0.15) is 49.9 Å². The molecule has 164 valence electrons. The number of hydrogen-bond acceptors (Lipinski definition) is 6. The zero-order valence-corrected chi connectivity index (χ0v) is 18.1. The molecule has 2 heterocycles. The van der Waals surface area contributed by atoms with Gasteiger partial charge in [-0.05, 0) is 49.4 Å². The van der Waals surface area contributed by atoms with Gasteiger partial charge in [-0.15, -0.1) is 0 Å². The second-order valence-corrected chi connectivity index (χ2v) is 9.99. The van der Waals surface area contributed by atoms with E-state index in [0.29, 0.717) is 25.6 Å². The van der Waals surface area contributed by atoms with Gasteiger partial charge in [-0.25, -0.2) is 13.8 Å². The van der Waals surface area contributed by atoms with Crippen LogP contribution >= 0.6 is 0 Å². The Morgan fingerprint density at radius 1 is 1.13 bits per heavy atom. The molecule has 1 atom stereocenters. The van der Waals surface area contributed by atoms with Crippen molar-refractivity contribution < 1.29 is 22.8 Å². The summed E-state index contributed by atoms with van der Waals surface area (Å²) in [7, 11) is -3.54. The van der Waals surface area contributed by atoms with Crippen LogP contribution in [0.5, 0.6) is 0 Å². The second-order valence-electron chi connectivity index (χ2n) is 8.06. The maximum absolute atomic E-state index is 12.5. The summed E-state index contributed by atoms with van der Waals surface area (Å²) in [5.41, 5.74) is 5.32. The number of sulfonamides is 1. The number of amides is 3. The van der Waals surface area contributed by atoms with Crippen LogP contribution in [0.3, 0.4) is 0 Å². The minimum Gasteiger partial charge on any atom is -0.287 e. The number of carbonyl (C=O) groups is 3. The SMILES string of the molecule is CC(C)CCN1C(=O)C[C@H](NNC(=O)c2ccc(S(=O)(=O)N3CCCC3)cc2)C1=O. The molecule has 0 radical (unpaired) electrons. The van der Waals surface area contributed by atoms with Gasteiger partial charge in [0.1, 0.15) is 6.04 Å². The van der Waals surface area contributed by atoms with E-state index in [9.17, 15) is 22.8 Å². The predicted octanol–water partition coefficient (Wildman–Crippen LogP) is 0.879. The molecule has 10 heteroatoms. The van der Waals surface area contributed by atoms with Crippen molar-refractivity contribution in [3.63, 3.8) is 0 Å². The Labute approximate surface area is 176 Å². The van der Waals surface area contributed by atoms with Crippen molar-refractivity contribution in [1.29, 1.82) is 0 Å². The third-order valence-electron chi connectivity index (χ3n) is 5.35. The first kappa shape index (κ1) is 22.4. The summed E-state index contributed by atoms with van der Waals surface area (Å²) >= 11 is 0. The Morgan fingerprint density at radius 3 is 2.37 bits per heavy atom. The molecule has 3 amide bonds. The van der Waals surface area contributed by atoms with Crippen LogP contribution in [0.15, 0.2) is 29.2 Å². The lowest BCUT2D eigenvalue weighted by Crippen LogP contribution is -2.48. The van der Waals surface area contributed by atoms with Crippen LogP contribution in [0.4, 0.5) is 0 Å². The molecule has 0 aliphatic carbocycles. The third-order valence-corrected chi connectivity index (χ3v) is 7.27. The Morgan fingerprint density at radius 2 is 1.77 bits per heavy atom. The highest BCUT2D eigenvalue weighted by Crippen LogP contribution is 2.21. The summed E-state index contributed by atoms with van der Waals surface area (Å²) in [6.07, 6.45) is 2.42. The van der Waals surface area contributed by atoms with Gasteiger partial charge in [-0.2, -0.15) is 4.31 Å². The molecular formula is C20H28N4O5S. The van der Waals surface area contributed by atoms with Crippen LogP contribution in [0.2, 0.25) is 0 Å². The Hall–Kier alpha value is -2.30. The summed E-state index contributed by atoms with van der Waals surface area (Å²) < 4.78 is 26.5. The maximum Gasteiger partial charge on any atom is 0.265 e. The van der Waals surface area contributed by atoms with E-state index in [0.717, 1.165) is 19.3 Å². The number of hydrogen-bond donors (Lipinski definition) is 2. The lowest BCUT2D eigenvalue weighted by Gasteiger charge is -2.17. The number of nitrogens with zero attached hydrogens (tertiary/aromatic N) is 2. The monoisotopic (exact) mass is 436 g/mol. The van der Waals surface area contributed by atoms with Crippen LogP contribution < -0.4 is 10.9 Å². The van der Waals surface area contributed by atoms with Gasteiger partial charge in [0.25, 0.3) is 5.91 Å². The molecule has 3 rings (SSSR count). The van der Waals surface area contributed by atoms with Gasteiger partial charge >= 0.3 is 0 Å². The summed E-state index contributed by atoms with van der Waals surface area (Å²) in [4.78, 5) is 38.2. The predicted molar refractivity (Wildman–Crippen MR) is 110 cm³/mol. The minimum absolute atomic E-state index is 0.00970. The van der Waals surface area contributed by atoms with Crippen LogP contribution in [0.25, 0.3) is 0 Å². The molecular weight excluding hydrogens is 408 g/mol. The molecule has 2 fully saturated rings. The fourth-order valence-electron chi connectivity index (χ4n) is 3.50. The van der Waals surface area contributed by atoms with E-state index in [4.69, 9.17) is 0 Å². The number of imide groups is 1. The average Bonchev–Trinajstić information content (AvgIpc) is 3.34. The van der Waals surface area contributed by atoms with Crippen LogP contribution in [0, 0.1) is 5.92 Å². The molecule has 2 aliphatic rings. The number of carbonyl (C=O) groups excluding carboxylic acids is 3. The van der Waals surface area contributed by atoms with Gasteiger partial charge in [0.05, 0.1) is 11.3 Å². The Balaban J connectivity index is 1.56. The quantitative estimate of drug-likeness (QED) is 0.462. The topological polar surface area (TPSA) is 116 Å². The Kier molecular flexibility index (Phi) is 6.89. The molecule has 0 bridgehead atoms. The number of hydrazine groups is 1. The molecule has 30 heavy (non-hydrogen) atoms. The second kappa shape index (κ2) is 9.23. The third kappa shape index (κ3) is 4.88. The highest BCUT2D eigenvalue weighted by atomic mass is 32.2. The highest BCUT2D eigenvalue weighted by molar-refractivity contribution is 7.89. The number of nitrogens with one attached hydrogen (secondary N) is 2. The molecule has 2 N–H and O–H groups in total. The van der Waals surface area contributed by atoms with E-state index < -0.39 is 22.0 Å². The van der Waals surface area contributed by atoms with Gasteiger partial charge in [0.15, 0.2) is 0 Å². The molecule has 0 aromatic heterocycles. The highest BCUT2D eigenvalue weighted by Gasteiger charge is 2.38. The van der Waals surface area contributed by atoms with Crippen molar-refractivity contribution in [2.75, 3.05) is 19.6 Å². The molecule has 1 aromatic rings. The van der Waals surface area contributed by atoms with E-state index in [-0.39, 0.29) is 28.7 Å². The van der Waals surface area contributed by atoms with E-state index >= 15 is 0 Å². The fourth-order valence-corrected chi connectivity index (χ4v) is 5.02. The fraction of sp³-hybridized carbons (Fsp3) is 0.550. The van der Waals surface area contributed by atoms with Gasteiger partial charge in [0, 0.05) is 25.2 Å². The van der Waals surface area contributed by atoms with E-state index in [2.05, 4.69) is 10.9 Å². The molecule has 2 saturated heterocycles. The number of likely N-dealkylation sites (tertiary alicyclic amines) is 1. The molecule has 1 aromatic carbocycles. The van der Waals surface area contributed by atoms with Gasteiger partial charge in [0.2, 0.25) is 21.8 Å². The minimum atomic E-state index is -3.54. The van der Waals surface area contributed by atoms with Crippen molar-refractivity contribution in [3.05, 3.63) is 29.8 Å². The molecule has 0 spiro atoms. The Bertz CT molecular complexity index is 908. The van der Waals surface area contributed by atoms with Crippen molar-refractivity contribution in [2.45, 2.75) is 50.5 Å². The lowest BCUT2D eigenvalue weighted by molar-refractivity contribution is -0.139. The summed E-state index contributed by atoms with van der Waals surface area (Å²) in [6.45, 7) is 5.42. The van der Waals surface area contributed by atoms with Crippen LogP contribution in [-0.4, -0.2) is 61.0 Å². The number of benzene rings is 1. The molecule has 0 saturated carbocycles. The average molecular weight is 437 g/mol. The van der Waals surface area contributed by atoms with Crippen molar-refractivity contribution in [3.8, 4) is 0 Å². The van der Waals surface area contributed by atoms with Crippen molar-refractivity contribution >= 4 is 27.7 Å². The largest absolute Gasteiger partial charge is 0.287 e. The van der Waals surface area contributed by atoms with E-state index in [1.807, 2.05) is 13.8 Å². The van der Waals surface area contributed by atoms with Gasteiger partial charge in [-0.1, -0.05) is 13.8 Å². The first-order valence-electron chi connectivity index (χ1n) is 10.2. The zero-order valence-electron chi connectivity index (χ0n) is 17.3. The normalized spacial score (nSPS) is 20.4. The molecule has 9 nitrogen and oxygen atoms in total. The maximum atomic E-state index is 12.5. The summed E-state index contributed by atoms with van der Waals surface area (Å²) in [5, 5.41) is 0. The van der Waals surface area contributed by atoms with E-state index in [1.165, 1.54) is 33.5 Å². The smallest absolute Gasteiger partial charge is 0.265 e. The first-order chi connectivity index (χ1) is 14.2. The standard InChI is InChI=1S/C20H28N4O5S/c1-14(2)9-12-24-18(25)13-17(20(24)27)21-22-19(26)15-5-7-16(8-6-15)30(28,29)23-10-3-4-11-23/h5-8,14,17,21H,3-4,9-13H2,1-2H3,(H,22,26)/t17-/m0/s1. The van der Waals surface area contributed by atoms with Crippen molar-refractivity contribution in [1.82, 2.24) is 20.1 Å². The van der Waals surface area contributed by atoms with Gasteiger partial charge in [-0.3, -0.25) is 24.7 Å². The summed E-state index contributed by atoms with van der Waals surface area (Å²) in [6, 6.07) is 4.86. The van der Waals surface area contributed by atoms with Gasteiger partial charge < -0.3 is 0 Å². The zero-order chi connectivity index (χ0) is 21.9. The molecule has 2 aliphatic heterocycles. The van der Waals surface area contributed by atoms with E-state index in [1.54, 1.807) is 0 Å². The first-order valence-corrected chi connectivity index (χ1v) is 11.6. The van der Waals surface area contributed by atoms with Crippen LogP contribution in [-0.2, 0) is 19.6 Å². The summed E-state index contributed by atoms with van der Waals surface area (Å²) in [5.74, 6) is -0.757. The number of rotatable bonds is 8. The molecule has 0 unspecified atom stereocenters. The van der Waals surface area contributed by atoms with Crippen molar-refractivity contribution in [2.24, 2.45) is 5.92 Å². The lowest BCUT2D eigenvalue weighted by atomic mass is 10.1.